The summed E-state index contributed by atoms with van der Waals surface area (Å²) in [5.41, 5.74) is 1.60. The number of aromatic carboxylic acids is 1. The van der Waals surface area contributed by atoms with Crippen molar-refractivity contribution in [2.24, 2.45) is 5.92 Å². The van der Waals surface area contributed by atoms with E-state index in [9.17, 15) is 4.79 Å². The number of carboxylic acid groups (broad SMARTS) is 1. The third kappa shape index (κ3) is 2.36. The summed E-state index contributed by atoms with van der Waals surface area (Å²) in [6.07, 6.45) is 1.06. The molecule has 0 spiro atoms. The minimum Gasteiger partial charge on any atom is -0.478 e. The van der Waals surface area contributed by atoms with Gasteiger partial charge in [0.2, 0.25) is 0 Å². The zero-order valence-corrected chi connectivity index (χ0v) is 8.81. The van der Waals surface area contributed by atoms with E-state index in [1.807, 2.05) is 12.1 Å². The summed E-state index contributed by atoms with van der Waals surface area (Å²) in [5.74, 6) is -0.115. The highest BCUT2D eigenvalue weighted by Crippen LogP contribution is 2.18. The summed E-state index contributed by atoms with van der Waals surface area (Å²) >= 11 is 0. The molecule has 1 fully saturated rings. The molecule has 1 aliphatic rings. The zero-order valence-electron chi connectivity index (χ0n) is 8.81. The fraction of sp³-hybridized carbons (Fsp3) is 0.417. The first-order valence-electron chi connectivity index (χ1n) is 5.16. The van der Waals surface area contributed by atoms with Crippen molar-refractivity contribution < 1.29 is 9.90 Å². The summed E-state index contributed by atoms with van der Waals surface area (Å²) in [5, 5.41) is 8.74. The van der Waals surface area contributed by atoms with Gasteiger partial charge in [0.25, 0.3) is 0 Å². The number of likely N-dealkylation sites (tertiary alicyclic amines) is 1. The van der Waals surface area contributed by atoms with Crippen LogP contribution >= 0.6 is 0 Å². The predicted octanol–water partition coefficient (Wildman–Crippen LogP) is 1.49. The van der Waals surface area contributed by atoms with Crippen molar-refractivity contribution in [3.63, 3.8) is 0 Å². The van der Waals surface area contributed by atoms with Gasteiger partial charge >= 0.3 is 5.97 Å². The molecule has 0 radical (unpaired) electrons. The molecule has 1 saturated heterocycles. The summed E-state index contributed by atoms with van der Waals surface area (Å²) < 4.78 is 0. The third-order valence-corrected chi connectivity index (χ3v) is 2.87. The maximum Gasteiger partial charge on any atom is 0.335 e. The van der Waals surface area contributed by atoms with Gasteiger partial charge in [0, 0.05) is 13.1 Å². The molecule has 3 nitrogen and oxygen atoms in total. The monoisotopic (exact) mass is 205 g/mol. The van der Waals surface area contributed by atoms with Gasteiger partial charge in [-0.3, -0.25) is 0 Å². The Morgan fingerprint density at radius 3 is 2.47 bits per heavy atom. The second-order valence-corrected chi connectivity index (χ2v) is 4.29. The molecule has 0 atom stereocenters. The molecule has 1 aliphatic heterocycles. The van der Waals surface area contributed by atoms with Crippen LogP contribution in [0.1, 0.15) is 15.9 Å². The van der Waals surface area contributed by atoms with Crippen molar-refractivity contribution in [2.75, 3.05) is 20.1 Å². The van der Waals surface area contributed by atoms with Crippen LogP contribution in [0.4, 0.5) is 0 Å². The van der Waals surface area contributed by atoms with Crippen molar-refractivity contribution >= 4 is 5.97 Å². The average molecular weight is 205 g/mol. The minimum absolute atomic E-state index is 0.365. The van der Waals surface area contributed by atoms with E-state index in [-0.39, 0.29) is 0 Å². The van der Waals surface area contributed by atoms with Gasteiger partial charge in [-0.05, 0) is 37.1 Å². The summed E-state index contributed by atoms with van der Waals surface area (Å²) in [4.78, 5) is 12.9. The summed E-state index contributed by atoms with van der Waals surface area (Å²) in [6.45, 7) is 2.31. The van der Waals surface area contributed by atoms with Crippen LogP contribution in [-0.4, -0.2) is 36.1 Å². The van der Waals surface area contributed by atoms with E-state index in [0.29, 0.717) is 5.56 Å². The maximum absolute atomic E-state index is 10.6. The van der Waals surface area contributed by atoms with Crippen LogP contribution in [-0.2, 0) is 6.42 Å². The van der Waals surface area contributed by atoms with Crippen molar-refractivity contribution in [1.82, 2.24) is 4.90 Å². The van der Waals surface area contributed by atoms with E-state index in [0.717, 1.165) is 25.4 Å². The minimum atomic E-state index is -0.857. The van der Waals surface area contributed by atoms with Crippen LogP contribution in [0.3, 0.4) is 0 Å². The lowest BCUT2D eigenvalue weighted by Gasteiger charge is -2.36. The molecule has 1 aromatic rings. The van der Waals surface area contributed by atoms with Gasteiger partial charge in [-0.25, -0.2) is 4.79 Å². The number of nitrogens with zero attached hydrogens (tertiary/aromatic N) is 1. The highest BCUT2D eigenvalue weighted by atomic mass is 16.4. The molecule has 0 aliphatic carbocycles. The van der Waals surface area contributed by atoms with E-state index >= 15 is 0 Å². The Labute approximate surface area is 89.3 Å². The third-order valence-electron chi connectivity index (χ3n) is 2.87. The molecule has 15 heavy (non-hydrogen) atoms. The van der Waals surface area contributed by atoms with Crippen LogP contribution in [0.15, 0.2) is 24.3 Å². The van der Waals surface area contributed by atoms with Gasteiger partial charge in [0.15, 0.2) is 0 Å². The fourth-order valence-electron chi connectivity index (χ4n) is 2.07. The molecule has 80 valence electrons. The Hall–Kier alpha value is -1.35. The molecular weight excluding hydrogens is 190 g/mol. The number of carboxylic acids is 1. The smallest absolute Gasteiger partial charge is 0.335 e. The van der Waals surface area contributed by atoms with Gasteiger partial charge in [-0.2, -0.15) is 0 Å². The normalized spacial score (nSPS) is 17.4. The largest absolute Gasteiger partial charge is 0.478 e. The van der Waals surface area contributed by atoms with Crippen molar-refractivity contribution in [2.45, 2.75) is 6.42 Å². The van der Waals surface area contributed by atoms with Crippen molar-refractivity contribution in [3.8, 4) is 0 Å². The molecule has 1 N–H and O–H groups in total. The first-order chi connectivity index (χ1) is 7.15. The number of rotatable bonds is 3. The first kappa shape index (κ1) is 10.2. The van der Waals surface area contributed by atoms with E-state index in [2.05, 4.69) is 11.9 Å². The zero-order chi connectivity index (χ0) is 10.8. The van der Waals surface area contributed by atoms with Gasteiger partial charge in [0.1, 0.15) is 0 Å². The second kappa shape index (κ2) is 4.03. The van der Waals surface area contributed by atoms with E-state index in [1.54, 1.807) is 12.1 Å². The lowest BCUT2D eigenvalue weighted by Crippen LogP contribution is -2.44. The van der Waals surface area contributed by atoms with Crippen LogP contribution in [0.2, 0.25) is 0 Å². The van der Waals surface area contributed by atoms with Gasteiger partial charge in [-0.1, -0.05) is 12.1 Å². The first-order valence-corrected chi connectivity index (χ1v) is 5.16. The molecule has 1 aromatic carbocycles. The Morgan fingerprint density at radius 1 is 1.40 bits per heavy atom. The van der Waals surface area contributed by atoms with Crippen LogP contribution in [0, 0.1) is 5.92 Å². The van der Waals surface area contributed by atoms with Crippen LogP contribution in [0.25, 0.3) is 0 Å². The molecule has 2 rings (SSSR count). The molecule has 1 heterocycles. The Bertz CT molecular complexity index is 352. The average Bonchev–Trinajstić information content (AvgIpc) is 2.16. The van der Waals surface area contributed by atoms with E-state index < -0.39 is 5.97 Å². The summed E-state index contributed by atoms with van der Waals surface area (Å²) in [6, 6.07) is 7.20. The highest BCUT2D eigenvalue weighted by molar-refractivity contribution is 5.87. The molecule has 0 bridgehead atoms. The lowest BCUT2D eigenvalue weighted by atomic mass is 9.92. The van der Waals surface area contributed by atoms with E-state index in [1.165, 1.54) is 5.56 Å². The molecule has 0 amide bonds. The second-order valence-electron chi connectivity index (χ2n) is 4.29. The Kier molecular flexibility index (Phi) is 2.73. The standard InChI is InChI=1S/C12H15NO2/c1-13-7-10(8-13)6-9-2-4-11(5-3-9)12(14)15/h2-5,10H,6-8H2,1H3,(H,14,15). The van der Waals surface area contributed by atoms with Gasteiger partial charge < -0.3 is 10.0 Å². The SMILES string of the molecule is CN1CC(Cc2ccc(C(=O)O)cc2)C1. The number of benzene rings is 1. The molecule has 0 saturated carbocycles. The van der Waals surface area contributed by atoms with Gasteiger partial charge in [-0.15, -0.1) is 0 Å². The topological polar surface area (TPSA) is 40.5 Å². The van der Waals surface area contributed by atoms with Crippen LogP contribution in [0.5, 0.6) is 0 Å². The number of hydrogen-bond acceptors (Lipinski definition) is 2. The van der Waals surface area contributed by atoms with Crippen molar-refractivity contribution in [3.05, 3.63) is 35.4 Å². The molecule has 0 aromatic heterocycles. The lowest BCUT2D eigenvalue weighted by molar-refractivity contribution is 0.0697. The Balaban J connectivity index is 1.95. The number of hydrogen-bond donors (Lipinski definition) is 1. The quantitative estimate of drug-likeness (QED) is 0.812. The summed E-state index contributed by atoms with van der Waals surface area (Å²) in [7, 11) is 2.12. The fourth-order valence-corrected chi connectivity index (χ4v) is 2.07. The Morgan fingerprint density at radius 2 is 2.00 bits per heavy atom. The molecule has 0 unspecified atom stereocenters. The van der Waals surface area contributed by atoms with Crippen LogP contribution < -0.4 is 0 Å². The molecule has 3 heteroatoms. The predicted molar refractivity (Wildman–Crippen MR) is 58.1 cm³/mol. The number of carbonyl (C=O) groups is 1. The van der Waals surface area contributed by atoms with E-state index in [4.69, 9.17) is 5.11 Å². The highest BCUT2D eigenvalue weighted by Gasteiger charge is 2.22. The van der Waals surface area contributed by atoms with Gasteiger partial charge in [0.05, 0.1) is 5.56 Å². The van der Waals surface area contributed by atoms with Crippen molar-refractivity contribution in [1.29, 1.82) is 0 Å². The maximum atomic E-state index is 10.6. The molecular formula is C12H15NO2.